The minimum atomic E-state index is -0.588. The number of ether oxygens (including phenoxy) is 2. The fourth-order valence-electron chi connectivity index (χ4n) is 2.16. The number of hydrogen-bond donors (Lipinski definition) is 1. The van der Waals surface area contributed by atoms with Crippen LogP contribution in [0.2, 0.25) is 4.34 Å². The van der Waals surface area contributed by atoms with Crippen LogP contribution in [-0.4, -0.2) is 31.1 Å². The fraction of sp³-hybridized carbons (Fsp3) is 0.278. The number of carbonyl (C=O) groups excluding carboxylic acids is 3. The Morgan fingerprint density at radius 1 is 1.12 bits per heavy atom. The van der Waals surface area contributed by atoms with E-state index in [2.05, 4.69) is 5.32 Å². The van der Waals surface area contributed by atoms with Crippen LogP contribution in [0.15, 0.2) is 30.3 Å². The van der Waals surface area contributed by atoms with Gasteiger partial charge >= 0.3 is 11.9 Å². The molecule has 1 amide bonds. The zero-order valence-electron chi connectivity index (χ0n) is 14.3. The van der Waals surface area contributed by atoms with Crippen LogP contribution >= 0.6 is 22.9 Å². The van der Waals surface area contributed by atoms with E-state index in [1.807, 2.05) is 30.3 Å². The molecule has 2 aromatic rings. The van der Waals surface area contributed by atoms with Gasteiger partial charge < -0.3 is 14.8 Å². The molecule has 1 aromatic carbocycles. The van der Waals surface area contributed by atoms with E-state index in [4.69, 9.17) is 21.1 Å². The van der Waals surface area contributed by atoms with Crippen molar-refractivity contribution >= 4 is 45.8 Å². The van der Waals surface area contributed by atoms with Gasteiger partial charge in [0, 0.05) is 12.0 Å². The van der Waals surface area contributed by atoms with E-state index in [1.165, 1.54) is 0 Å². The molecular formula is C18H18ClNO5S. The van der Waals surface area contributed by atoms with Crippen LogP contribution in [-0.2, 0) is 19.1 Å². The van der Waals surface area contributed by atoms with Gasteiger partial charge in [-0.3, -0.25) is 9.59 Å². The van der Waals surface area contributed by atoms with Crippen LogP contribution < -0.4 is 5.32 Å². The van der Waals surface area contributed by atoms with Crippen molar-refractivity contribution in [3.63, 3.8) is 0 Å². The van der Waals surface area contributed by atoms with Crippen molar-refractivity contribution in [3.05, 3.63) is 40.2 Å². The van der Waals surface area contributed by atoms with Crippen molar-refractivity contribution in [1.29, 1.82) is 0 Å². The second kappa shape index (κ2) is 9.35. The Bertz CT molecular complexity index is 803. The Balaban J connectivity index is 2.35. The molecule has 0 bridgehead atoms. The lowest BCUT2D eigenvalue weighted by Crippen LogP contribution is -2.21. The summed E-state index contributed by atoms with van der Waals surface area (Å²) in [5, 5.41) is 2.83. The third-order valence-corrected chi connectivity index (χ3v) is 4.63. The van der Waals surface area contributed by atoms with Gasteiger partial charge in [-0.05, 0) is 12.5 Å². The Labute approximate surface area is 160 Å². The lowest BCUT2D eigenvalue weighted by atomic mass is 10.0. The smallest absolute Gasteiger partial charge is 0.341 e. The molecule has 2 rings (SSSR count). The van der Waals surface area contributed by atoms with Crippen LogP contribution in [0.1, 0.15) is 30.6 Å². The fourth-order valence-corrected chi connectivity index (χ4v) is 3.55. The van der Waals surface area contributed by atoms with Gasteiger partial charge in [-0.2, -0.15) is 0 Å². The summed E-state index contributed by atoms with van der Waals surface area (Å²) in [4.78, 5) is 35.7. The van der Waals surface area contributed by atoms with E-state index in [0.29, 0.717) is 9.90 Å². The highest BCUT2D eigenvalue weighted by Gasteiger charge is 2.26. The van der Waals surface area contributed by atoms with Crippen molar-refractivity contribution in [2.24, 2.45) is 0 Å². The molecule has 0 aliphatic carbocycles. The highest BCUT2D eigenvalue weighted by Crippen LogP contribution is 2.43. The second-order valence-corrected chi connectivity index (χ2v) is 6.73. The molecule has 6 nitrogen and oxygen atoms in total. The molecule has 1 N–H and O–H groups in total. The van der Waals surface area contributed by atoms with Crippen LogP contribution in [0.5, 0.6) is 0 Å². The van der Waals surface area contributed by atoms with Crippen molar-refractivity contribution in [1.82, 2.24) is 0 Å². The average molecular weight is 396 g/mol. The third-order valence-electron chi connectivity index (χ3n) is 3.31. The number of hydrogen-bond acceptors (Lipinski definition) is 6. The van der Waals surface area contributed by atoms with E-state index in [0.717, 1.165) is 16.9 Å². The first-order valence-electron chi connectivity index (χ1n) is 7.98. The first kappa shape index (κ1) is 19.9. The van der Waals surface area contributed by atoms with E-state index in [-0.39, 0.29) is 23.6 Å². The molecule has 0 saturated carbocycles. The van der Waals surface area contributed by atoms with Crippen LogP contribution in [0.3, 0.4) is 0 Å². The van der Waals surface area contributed by atoms with Gasteiger partial charge in [-0.25, -0.2) is 4.79 Å². The predicted molar refractivity (Wildman–Crippen MR) is 101 cm³/mol. The van der Waals surface area contributed by atoms with Crippen LogP contribution in [0, 0.1) is 0 Å². The molecular weight excluding hydrogens is 378 g/mol. The average Bonchev–Trinajstić information content (AvgIpc) is 2.96. The molecule has 0 unspecified atom stereocenters. The lowest BCUT2D eigenvalue weighted by molar-refractivity contribution is -0.146. The maximum Gasteiger partial charge on any atom is 0.341 e. The first-order chi connectivity index (χ1) is 12.5. The van der Waals surface area contributed by atoms with Crippen LogP contribution in [0.4, 0.5) is 5.00 Å². The lowest BCUT2D eigenvalue weighted by Gasteiger charge is -2.09. The van der Waals surface area contributed by atoms with E-state index >= 15 is 0 Å². The minimum Gasteiger partial charge on any atom is -0.462 e. The quantitative estimate of drug-likeness (QED) is 0.712. The maximum atomic E-state index is 12.5. The molecule has 0 aliphatic heterocycles. The molecule has 26 heavy (non-hydrogen) atoms. The number of rotatable bonds is 7. The number of nitrogens with one attached hydrogen (secondary N) is 1. The molecule has 8 heteroatoms. The zero-order chi connectivity index (χ0) is 19.1. The van der Waals surface area contributed by atoms with Gasteiger partial charge in [0.1, 0.15) is 14.9 Å². The van der Waals surface area contributed by atoms with Crippen LogP contribution in [0.25, 0.3) is 11.1 Å². The Morgan fingerprint density at radius 3 is 2.42 bits per heavy atom. The monoisotopic (exact) mass is 395 g/mol. The van der Waals surface area contributed by atoms with E-state index in [9.17, 15) is 14.4 Å². The maximum absolute atomic E-state index is 12.5. The summed E-state index contributed by atoms with van der Waals surface area (Å²) in [5.74, 6) is -1.63. The summed E-state index contributed by atoms with van der Waals surface area (Å²) < 4.78 is 10.3. The molecule has 1 heterocycles. The Hall–Kier alpha value is -2.38. The number of benzene rings is 1. The van der Waals surface area contributed by atoms with Gasteiger partial charge in [0.15, 0.2) is 6.61 Å². The molecule has 138 valence electrons. The summed E-state index contributed by atoms with van der Waals surface area (Å²) >= 11 is 7.39. The topological polar surface area (TPSA) is 81.7 Å². The van der Waals surface area contributed by atoms with Gasteiger partial charge in [0.2, 0.25) is 0 Å². The summed E-state index contributed by atoms with van der Waals surface area (Å²) in [7, 11) is 0. The first-order valence-corrected chi connectivity index (χ1v) is 9.17. The van der Waals surface area contributed by atoms with Crippen molar-refractivity contribution < 1.29 is 23.9 Å². The van der Waals surface area contributed by atoms with Gasteiger partial charge in [-0.1, -0.05) is 48.9 Å². The highest BCUT2D eigenvalue weighted by molar-refractivity contribution is 7.21. The van der Waals surface area contributed by atoms with Crippen molar-refractivity contribution in [3.8, 4) is 11.1 Å². The number of carbonyl (C=O) groups is 3. The number of amides is 1. The summed E-state index contributed by atoms with van der Waals surface area (Å²) in [6, 6.07) is 9.11. The molecule has 0 aliphatic rings. The summed E-state index contributed by atoms with van der Waals surface area (Å²) in [6.07, 6.45) is 0.171. The Kier molecular flexibility index (Phi) is 7.17. The molecule has 1 aromatic heterocycles. The molecule has 0 fully saturated rings. The SMILES string of the molecule is CCOC(=O)c1c(NC(=O)COC(=O)CC)sc(Cl)c1-c1ccccc1. The number of esters is 2. The summed E-state index contributed by atoms with van der Waals surface area (Å²) in [5.41, 5.74) is 1.41. The largest absolute Gasteiger partial charge is 0.462 e. The number of anilines is 1. The van der Waals surface area contributed by atoms with Gasteiger partial charge in [0.05, 0.1) is 6.61 Å². The standard InChI is InChI=1S/C18H18ClNO5S/c1-3-13(22)25-10-12(21)20-17-15(18(23)24-4-2)14(16(19)26-17)11-8-6-5-7-9-11/h5-9H,3-4,10H2,1-2H3,(H,20,21). The van der Waals surface area contributed by atoms with Crippen molar-refractivity contribution in [2.45, 2.75) is 20.3 Å². The molecule has 0 radical (unpaired) electrons. The molecule has 0 spiro atoms. The Morgan fingerprint density at radius 2 is 1.81 bits per heavy atom. The molecule has 0 saturated heterocycles. The number of halogens is 1. The normalized spacial score (nSPS) is 10.3. The van der Waals surface area contributed by atoms with E-state index in [1.54, 1.807) is 13.8 Å². The minimum absolute atomic E-state index is 0.171. The van der Waals surface area contributed by atoms with Gasteiger partial charge in [-0.15, -0.1) is 11.3 Å². The third kappa shape index (κ3) is 4.83. The summed E-state index contributed by atoms with van der Waals surface area (Å²) in [6.45, 7) is 3.06. The van der Waals surface area contributed by atoms with E-state index < -0.39 is 24.5 Å². The predicted octanol–water partition coefficient (Wildman–Crippen LogP) is 4.14. The van der Waals surface area contributed by atoms with Crippen molar-refractivity contribution in [2.75, 3.05) is 18.5 Å². The second-order valence-electron chi connectivity index (χ2n) is 5.10. The molecule has 0 atom stereocenters. The zero-order valence-corrected chi connectivity index (χ0v) is 15.9. The van der Waals surface area contributed by atoms with Gasteiger partial charge in [0.25, 0.3) is 5.91 Å². The highest BCUT2D eigenvalue weighted by atomic mass is 35.5. The number of thiophene rings is 1.